The first-order valence-corrected chi connectivity index (χ1v) is 12.9. The average molecular weight is 600 g/mol. The standard InChI is InChI=1S/C29H22Cl2F3N5O2/c1-17(18-8-12-20(13-9-18)29(32,33)34)38(3)28(41)26-22(16-25(40)36-35-2)27(19-10-14-21(30)15-11-19)39(37-26)24-7-5-4-6-23(24)31/h4-15,17H,16H2,1,3H3,(H,36,40)/t17-/m1/s1. The first-order valence-electron chi connectivity index (χ1n) is 12.1. The Morgan fingerprint density at radius 1 is 1.05 bits per heavy atom. The molecule has 7 nitrogen and oxygen atoms in total. The molecule has 0 radical (unpaired) electrons. The average Bonchev–Trinajstić information content (AvgIpc) is 3.30. The summed E-state index contributed by atoms with van der Waals surface area (Å²) in [6.45, 7) is 8.68. The highest BCUT2D eigenvalue weighted by Gasteiger charge is 2.32. The number of alkyl halides is 3. The molecule has 41 heavy (non-hydrogen) atoms. The van der Waals surface area contributed by atoms with Gasteiger partial charge < -0.3 is 4.90 Å². The second kappa shape index (κ2) is 12.0. The predicted molar refractivity (Wildman–Crippen MR) is 149 cm³/mol. The van der Waals surface area contributed by atoms with Crippen LogP contribution in [0.3, 0.4) is 0 Å². The van der Waals surface area contributed by atoms with E-state index in [-0.39, 0.29) is 17.7 Å². The lowest BCUT2D eigenvalue weighted by molar-refractivity contribution is -0.137. The van der Waals surface area contributed by atoms with Gasteiger partial charge in [-0.15, -0.1) is 0 Å². The molecule has 0 aliphatic heterocycles. The Balaban J connectivity index is 1.86. The van der Waals surface area contributed by atoms with Crippen LogP contribution in [0.15, 0.2) is 72.8 Å². The number of hydrogen-bond donors (Lipinski definition) is 1. The molecule has 0 aliphatic carbocycles. The number of halogens is 5. The molecule has 3 aromatic carbocycles. The van der Waals surface area contributed by atoms with E-state index >= 15 is 0 Å². The van der Waals surface area contributed by atoms with Crippen LogP contribution in [0, 0.1) is 6.57 Å². The van der Waals surface area contributed by atoms with Crippen molar-refractivity contribution in [2.75, 3.05) is 7.05 Å². The molecular formula is C29H22Cl2F3N5O2. The van der Waals surface area contributed by atoms with Gasteiger partial charge in [-0.25, -0.2) is 4.68 Å². The van der Waals surface area contributed by atoms with Crippen LogP contribution in [0.5, 0.6) is 0 Å². The Bertz CT molecular complexity index is 1630. The summed E-state index contributed by atoms with van der Waals surface area (Å²) in [4.78, 5) is 30.8. The van der Waals surface area contributed by atoms with Gasteiger partial charge in [0.05, 0.1) is 34.4 Å². The number of amides is 2. The second-order valence-corrected chi connectivity index (χ2v) is 9.92. The maximum Gasteiger partial charge on any atom is 0.416 e. The number of para-hydroxylation sites is 1. The van der Waals surface area contributed by atoms with Gasteiger partial charge in [-0.2, -0.15) is 29.8 Å². The quantitative estimate of drug-likeness (QED) is 0.180. The summed E-state index contributed by atoms with van der Waals surface area (Å²) < 4.78 is 40.6. The SMILES string of the molecule is [C-]#[N+]NC(=O)Cc1c(C(=O)N(C)[C@H](C)c2ccc(C(F)(F)F)cc2)nn(-c2ccccc2Cl)c1-c1ccc(Cl)cc1. The van der Waals surface area contributed by atoms with Crippen LogP contribution in [-0.4, -0.2) is 33.5 Å². The predicted octanol–water partition coefficient (Wildman–Crippen LogP) is 7.19. The van der Waals surface area contributed by atoms with E-state index in [1.54, 1.807) is 55.5 Å². The summed E-state index contributed by atoms with van der Waals surface area (Å²) in [5.74, 6) is -1.26. The zero-order valence-electron chi connectivity index (χ0n) is 21.7. The largest absolute Gasteiger partial charge is 0.416 e. The third kappa shape index (κ3) is 6.37. The molecular weight excluding hydrogens is 578 g/mol. The molecule has 1 aromatic heterocycles. The van der Waals surface area contributed by atoms with Crippen LogP contribution in [0.1, 0.15) is 40.1 Å². The summed E-state index contributed by atoms with van der Waals surface area (Å²) in [6, 6.07) is 17.4. The third-order valence-electron chi connectivity index (χ3n) is 6.52. The van der Waals surface area contributed by atoms with Crippen molar-refractivity contribution in [3.8, 4) is 16.9 Å². The Morgan fingerprint density at radius 2 is 1.68 bits per heavy atom. The van der Waals surface area contributed by atoms with Crippen molar-refractivity contribution in [1.29, 1.82) is 0 Å². The molecule has 1 N–H and O–H groups in total. The molecule has 1 atom stereocenters. The normalized spacial score (nSPS) is 12.0. The summed E-state index contributed by atoms with van der Waals surface area (Å²) in [5, 5.41) is 5.39. The molecule has 0 saturated carbocycles. The monoisotopic (exact) mass is 599 g/mol. The molecule has 0 fully saturated rings. The highest BCUT2D eigenvalue weighted by atomic mass is 35.5. The lowest BCUT2D eigenvalue weighted by Crippen LogP contribution is -2.31. The van der Waals surface area contributed by atoms with E-state index in [0.717, 1.165) is 12.1 Å². The molecule has 2 amide bonds. The van der Waals surface area contributed by atoms with Crippen LogP contribution in [-0.2, 0) is 17.4 Å². The van der Waals surface area contributed by atoms with Crippen molar-refractivity contribution in [2.24, 2.45) is 0 Å². The number of benzene rings is 3. The van der Waals surface area contributed by atoms with Crippen LogP contribution >= 0.6 is 23.2 Å². The Morgan fingerprint density at radius 3 is 2.27 bits per heavy atom. The zero-order valence-corrected chi connectivity index (χ0v) is 23.2. The Kier molecular flexibility index (Phi) is 8.71. The van der Waals surface area contributed by atoms with Gasteiger partial charge in [0.25, 0.3) is 11.8 Å². The molecule has 0 bridgehead atoms. The van der Waals surface area contributed by atoms with Crippen molar-refractivity contribution in [1.82, 2.24) is 20.1 Å². The topological polar surface area (TPSA) is 71.6 Å². The fourth-order valence-corrected chi connectivity index (χ4v) is 4.61. The summed E-state index contributed by atoms with van der Waals surface area (Å²) in [7, 11) is 1.49. The highest BCUT2D eigenvalue weighted by Crippen LogP contribution is 2.35. The lowest BCUT2D eigenvalue weighted by Gasteiger charge is -2.25. The van der Waals surface area contributed by atoms with Gasteiger partial charge in [0.1, 0.15) is 0 Å². The zero-order chi connectivity index (χ0) is 29.9. The highest BCUT2D eigenvalue weighted by molar-refractivity contribution is 6.32. The van der Waals surface area contributed by atoms with E-state index in [1.807, 2.05) is 0 Å². The van der Waals surface area contributed by atoms with Gasteiger partial charge in [0.15, 0.2) is 5.69 Å². The van der Waals surface area contributed by atoms with Gasteiger partial charge in [-0.05, 0) is 48.9 Å². The van der Waals surface area contributed by atoms with E-state index in [2.05, 4.69) is 15.5 Å². The first kappa shape index (κ1) is 29.6. The number of nitrogens with zero attached hydrogens (tertiary/aromatic N) is 4. The molecule has 0 unspecified atom stereocenters. The fourth-order valence-electron chi connectivity index (χ4n) is 4.27. The van der Waals surface area contributed by atoms with Crippen molar-refractivity contribution in [3.63, 3.8) is 0 Å². The lowest BCUT2D eigenvalue weighted by atomic mass is 10.0. The maximum atomic E-state index is 13.9. The fraction of sp³-hybridized carbons (Fsp3) is 0.172. The molecule has 12 heteroatoms. The van der Waals surface area contributed by atoms with Crippen LogP contribution in [0.25, 0.3) is 21.9 Å². The second-order valence-electron chi connectivity index (χ2n) is 9.08. The maximum absolute atomic E-state index is 13.9. The van der Waals surface area contributed by atoms with E-state index in [9.17, 15) is 22.8 Å². The summed E-state index contributed by atoms with van der Waals surface area (Å²) in [6.07, 6.45) is -4.86. The van der Waals surface area contributed by atoms with Gasteiger partial charge in [-0.1, -0.05) is 65.0 Å². The van der Waals surface area contributed by atoms with Crippen LogP contribution in [0.4, 0.5) is 13.2 Å². The van der Waals surface area contributed by atoms with Gasteiger partial charge >= 0.3 is 6.18 Å². The van der Waals surface area contributed by atoms with E-state index < -0.39 is 29.6 Å². The number of aromatic nitrogens is 2. The van der Waals surface area contributed by atoms with Crippen molar-refractivity contribution in [2.45, 2.75) is 25.6 Å². The minimum absolute atomic E-state index is 0.0868. The molecule has 0 aliphatic rings. The number of carbonyl (C=O) groups is 2. The van der Waals surface area contributed by atoms with Crippen LogP contribution < -0.4 is 5.43 Å². The van der Waals surface area contributed by atoms with Crippen molar-refractivity contribution >= 4 is 35.0 Å². The Hall–Kier alpha value is -4.33. The summed E-state index contributed by atoms with van der Waals surface area (Å²) >= 11 is 12.6. The molecule has 210 valence electrons. The number of rotatable bonds is 7. The molecule has 4 rings (SSSR count). The minimum atomic E-state index is -4.49. The Labute approximate surface area is 243 Å². The number of hydrogen-bond acceptors (Lipinski definition) is 3. The van der Waals surface area contributed by atoms with E-state index in [1.165, 1.54) is 28.8 Å². The van der Waals surface area contributed by atoms with Gasteiger partial charge in [0, 0.05) is 23.2 Å². The van der Waals surface area contributed by atoms with Gasteiger partial charge in [-0.3, -0.25) is 9.59 Å². The smallest absolute Gasteiger partial charge is 0.334 e. The third-order valence-corrected chi connectivity index (χ3v) is 7.10. The summed E-state index contributed by atoms with van der Waals surface area (Å²) in [5.41, 5.74) is 3.24. The molecule has 1 heterocycles. The molecule has 0 spiro atoms. The number of nitrogens with one attached hydrogen (secondary N) is 1. The van der Waals surface area contributed by atoms with E-state index in [0.29, 0.717) is 32.6 Å². The van der Waals surface area contributed by atoms with Crippen LogP contribution in [0.2, 0.25) is 10.0 Å². The minimum Gasteiger partial charge on any atom is -0.334 e. The first-order chi connectivity index (χ1) is 19.4. The molecule has 4 aromatic rings. The molecule has 0 saturated heterocycles. The number of carbonyl (C=O) groups excluding carboxylic acids is 2. The van der Waals surface area contributed by atoms with Crippen molar-refractivity contribution in [3.05, 3.63) is 117 Å². The van der Waals surface area contributed by atoms with Crippen molar-refractivity contribution < 1.29 is 22.8 Å². The van der Waals surface area contributed by atoms with E-state index in [4.69, 9.17) is 29.8 Å². The van der Waals surface area contributed by atoms with Gasteiger partial charge in [0.2, 0.25) is 0 Å².